The molecule has 90 valence electrons. The van der Waals surface area contributed by atoms with Gasteiger partial charge in [0.05, 0.1) is 11.7 Å². The molecule has 0 fully saturated rings. The Morgan fingerprint density at radius 1 is 1.41 bits per heavy atom. The van der Waals surface area contributed by atoms with Gasteiger partial charge in [0.2, 0.25) is 0 Å². The number of imidazole rings is 1. The lowest BCUT2D eigenvalue weighted by molar-refractivity contribution is 0.640. The zero-order chi connectivity index (χ0) is 12.4. The van der Waals surface area contributed by atoms with Gasteiger partial charge in [0.25, 0.3) is 0 Å². The van der Waals surface area contributed by atoms with Gasteiger partial charge in [-0.1, -0.05) is 0 Å². The van der Waals surface area contributed by atoms with Crippen LogP contribution in [-0.4, -0.2) is 14.5 Å². The molecule has 1 atom stereocenters. The highest BCUT2D eigenvalue weighted by molar-refractivity contribution is 9.11. The minimum atomic E-state index is -0.168. The van der Waals surface area contributed by atoms with Crippen LogP contribution in [0.25, 0.3) is 0 Å². The van der Waals surface area contributed by atoms with Crippen molar-refractivity contribution < 1.29 is 0 Å². The van der Waals surface area contributed by atoms with E-state index in [1.54, 1.807) is 12.4 Å². The predicted molar refractivity (Wildman–Crippen MR) is 73.5 cm³/mol. The molecule has 4 nitrogen and oxygen atoms in total. The standard InChI is InChI=1S/C11H12Br2N4/c1-17-3-2-15-10(17)5-9(14)11-8(13)4-7(12)6-16-11/h2-4,6,9H,5,14H2,1H3. The van der Waals surface area contributed by atoms with Gasteiger partial charge in [0.15, 0.2) is 0 Å². The number of hydrogen-bond acceptors (Lipinski definition) is 3. The van der Waals surface area contributed by atoms with Crippen molar-refractivity contribution in [3.63, 3.8) is 0 Å². The summed E-state index contributed by atoms with van der Waals surface area (Å²) in [5, 5.41) is 0. The van der Waals surface area contributed by atoms with Gasteiger partial charge in [-0.25, -0.2) is 4.98 Å². The molecule has 0 amide bonds. The molecule has 0 radical (unpaired) electrons. The predicted octanol–water partition coefficient (Wildman–Crippen LogP) is 2.58. The van der Waals surface area contributed by atoms with Crippen molar-refractivity contribution in [2.45, 2.75) is 12.5 Å². The van der Waals surface area contributed by atoms with E-state index in [4.69, 9.17) is 5.73 Å². The minimum absolute atomic E-state index is 0.168. The van der Waals surface area contributed by atoms with Crippen LogP contribution in [0.5, 0.6) is 0 Å². The van der Waals surface area contributed by atoms with Crippen molar-refractivity contribution in [3.8, 4) is 0 Å². The Bertz CT molecular complexity index is 524. The van der Waals surface area contributed by atoms with E-state index < -0.39 is 0 Å². The minimum Gasteiger partial charge on any atom is -0.338 e. The Morgan fingerprint density at radius 2 is 2.18 bits per heavy atom. The molecule has 17 heavy (non-hydrogen) atoms. The lowest BCUT2D eigenvalue weighted by atomic mass is 10.1. The van der Waals surface area contributed by atoms with Crippen molar-refractivity contribution in [3.05, 3.63) is 45.1 Å². The summed E-state index contributed by atoms with van der Waals surface area (Å²) < 4.78 is 3.80. The molecule has 6 heteroatoms. The molecule has 1 unspecified atom stereocenters. The van der Waals surface area contributed by atoms with Crippen LogP contribution in [0, 0.1) is 0 Å². The second kappa shape index (κ2) is 5.29. The number of aryl methyl sites for hydroxylation is 1. The first-order chi connectivity index (χ1) is 8.08. The third kappa shape index (κ3) is 2.94. The monoisotopic (exact) mass is 358 g/mol. The lowest BCUT2D eigenvalue weighted by Crippen LogP contribution is -2.17. The molecule has 0 aliphatic carbocycles. The topological polar surface area (TPSA) is 56.7 Å². The molecule has 0 aliphatic rings. The van der Waals surface area contributed by atoms with Crippen LogP contribution in [0.4, 0.5) is 0 Å². The number of halogens is 2. The van der Waals surface area contributed by atoms with Crippen LogP contribution >= 0.6 is 31.9 Å². The van der Waals surface area contributed by atoms with Crippen LogP contribution in [0.15, 0.2) is 33.6 Å². The van der Waals surface area contributed by atoms with Gasteiger partial charge in [-0.2, -0.15) is 0 Å². The van der Waals surface area contributed by atoms with E-state index in [9.17, 15) is 0 Å². The summed E-state index contributed by atoms with van der Waals surface area (Å²) in [6.45, 7) is 0. The maximum atomic E-state index is 6.14. The fraction of sp³-hybridized carbons (Fsp3) is 0.273. The van der Waals surface area contributed by atoms with E-state index in [0.29, 0.717) is 6.42 Å². The largest absolute Gasteiger partial charge is 0.338 e. The number of hydrogen-bond donors (Lipinski definition) is 1. The first-order valence-electron chi connectivity index (χ1n) is 5.10. The third-order valence-corrected chi connectivity index (χ3v) is 3.58. The molecule has 0 saturated heterocycles. The van der Waals surface area contributed by atoms with E-state index >= 15 is 0 Å². The quantitative estimate of drug-likeness (QED) is 0.916. The van der Waals surface area contributed by atoms with E-state index in [2.05, 4.69) is 41.8 Å². The van der Waals surface area contributed by atoms with Crippen molar-refractivity contribution in [2.24, 2.45) is 12.8 Å². The summed E-state index contributed by atoms with van der Waals surface area (Å²) in [6.07, 6.45) is 6.09. The Labute approximate surface area is 117 Å². The Balaban J connectivity index is 2.20. The normalized spacial score (nSPS) is 12.7. The van der Waals surface area contributed by atoms with Crippen molar-refractivity contribution in [2.75, 3.05) is 0 Å². The van der Waals surface area contributed by atoms with E-state index in [1.807, 2.05) is 23.9 Å². The molecule has 0 aliphatic heterocycles. The SMILES string of the molecule is Cn1ccnc1CC(N)c1ncc(Br)cc1Br. The molecule has 0 aromatic carbocycles. The highest BCUT2D eigenvalue weighted by Crippen LogP contribution is 2.24. The molecule has 0 spiro atoms. The summed E-state index contributed by atoms with van der Waals surface area (Å²) in [6, 6.07) is 1.78. The highest BCUT2D eigenvalue weighted by atomic mass is 79.9. The molecule has 0 bridgehead atoms. The molecule has 2 aromatic heterocycles. The van der Waals surface area contributed by atoms with Crippen LogP contribution < -0.4 is 5.73 Å². The summed E-state index contributed by atoms with van der Waals surface area (Å²) >= 11 is 6.84. The van der Waals surface area contributed by atoms with Crippen LogP contribution in [0.3, 0.4) is 0 Å². The van der Waals surface area contributed by atoms with Crippen LogP contribution in [0.1, 0.15) is 17.6 Å². The first kappa shape index (κ1) is 12.7. The Kier molecular flexibility index (Phi) is 3.96. The number of nitrogens with zero attached hydrogens (tertiary/aromatic N) is 3. The number of aromatic nitrogens is 3. The van der Waals surface area contributed by atoms with Crippen molar-refractivity contribution in [1.82, 2.24) is 14.5 Å². The Morgan fingerprint density at radius 3 is 2.76 bits per heavy atom. The van der Waals surface area contributed by atoms with Gasteiger partial charge >= 0.3 is 0 Å². The summed E-state index contributed by atoms with van der Waals surface area (Å²) in [4.78, 5) is 8.59. The second-order valence-corrected chi connectivity index (χ2v) is 5.56. The van der Waals surface area contributed by atoms with Gasteiger partial charge in [-0.15, -0.1) is 0 Å². The Hall–Kier alpha value is -0.720. The summed E-state index contributed by atoms with van der Waals surface area (Å²) in [5.41, 5.74) is 6.99. The summed E-state index contributed by atoms with van der Waals surface area (Å²) in [7, 11) is 1.96. The van der Waals surface area contributed by atoms with E-state index in [0.717, 1.165) is 20.5 Å². The van der Waals surface area contributed by atoms with Gasteiger partial charge in [-0.05, 0) is 37.9 Å². The number of rotatable bonds is 3. The van der Waals surface area contributed by atoms with Crippen molar-refractivity contribution in [1.29, 1.82) is 0 Å². The molecule has 2 heterocycles. The maximum absolute atomic E-state index is 6.14. The molecular weight excluding hydrogens is 348 g/mol. The molecular formula is C11H12Br2N4. The zero-order valence-corrected chi connectivity index (χ0v) is 12.4. The highest BCUT2D eigenvalue weighted by Gasteiger charge is 2.14. The van der Waals surface area contributed by atoms with Gasteiger partial charge < -0.3 is 10.3 Å². The molecule has 2 N–H and O–H groups in total. The smallest absolute Gasteiger partial charge is 0.110 e. The van der Waals surface area contributed by atoms with Crippen LogP contribution in [0.2, 0.25) is 0 Å². The third-order valence-electron chi connectivity index (χ3n) is 2.51. The average Bonchev–Trinajstić information content (AvgIpc) is 2.64. The second-order valence-electron chi connectivity index (χ2n) is 3.79. The number of nitrogens with two attached hydrogens (primary N) is 1. The van der Waals surface area contributed by atoms with Crippen molar-refractivity contribution >= 4 is 31.9 Å². The summed E-state index contributed by atoms with van der Waals surface area (Å²) in [5.74, 6) is 0.953. The average molecular weight is 360 g/mol. The van der Waals surface area contributed by atoms with Gasteiger partial charge in [0.1, 0.15) is 5.82 Å². The zero-order valence-electron chi connectivity index (χ0n) is 9.27. The van der Waals surface area contributed by atoms with E-state index in [1.165, 1.54) is 0 Å². The van der Waals surface area contributed by atoms with E-state index in [-0.39, 0.29) is 6.04 Å². The first-order valence-corrected chi connectivity index (χ1v) is 6.69. The molecule has 0 saturated carbocycles. The fourth-order valence-corrected chi connectivity index (χ4v) is 2.87. The van der Waals surface area contributed by atoms with Gasteiger partial charge in [0, 0.05) is 41.0 Å². The maximum Gasteiger partial charge on any atom is 0.110 e. The lowest BCUT2D eigenvalue weighted by Gasteiger charge is -2.12. The molecule has 2 aromatic rings. The molecule has 2 rings (SSSR count). The fourth-order valence-electron chi connectivity index (χ4n) is 1.58. The van der Waals surface area contributed by atoms with Crippen LogP contribution in [-0.2, 0) is 13.5 Å². The van der Waals surface area contributed by atoms with Gasteiger partial charge in [-0.3, -0.25) is 4.98 Å². The number of pyridine rings is 1.